The molecule has 0 fully saturated rings. The maximum absolute atomic E-state index is 12.3. The van der Waals surface area contributed by atoms with Gasteiger partial charge >= 0.3 is 0 Å². The average Bonchev–Trinajstić information content (AvgIpc) is 2.58. The third kappa shape index (κ3) is 5.17. The molecular weight excluding hydrogens is 274 g/mol. The number of carbonyl (C=O) groups excluding carboxylic acids is 2. The Morgan fingerprint density at radius 2 is 1.55 bits per heavy atom. The van der Waals surface area contributed by atoms with Crippen LogP contribution in [0.25, 0.3) is 0 Å². The summed E-state index contributed by atoms with van der Waals surface area (Å²) in [5.41, 5.74) is 2.37. The fourth-order valence-electron chi connectivity index (χ4n) is 2.50. The third-order valence-corrected chi connectivity index (χ3v) is 3.68. The number of rotatable bonds is 8. The van der Waals surface area contributed by atoms with E-state index in [2.05, 4.69) is 17.4 Å². The standard InChI is InChI=1S/C19H21NO2/c21-14-13-20-19(22)18(15-17-9-5-2-6-10-17)12-11-16-7-3-1-4-8-16/h1-10,14,18H,11-13,15H2,(H,20,22). The van der Waals surface area contributed by atoms with Gasteiger partial charge in [0.15, 0.2) is 0 Å². The third-order valence-electron chi connectivity index (χ3n) is 3.68. The number of hydrogen-bond donors (Lipinski definition) is 1. The van der Waals surface area contributed by atoms with Gasteiger partial charge in [-0.1, -0.05) is 60.7 Å². The van der Waals surface area contributed by atoms with E-state index in [0.29, 0.717) is 12.7 Å². The first-order valence-corrected chi connectivity index (χ1v) is 7.59. The van der Waals surface area contributed by atoms with Crippen LogP contribution in [0.5, 0.6) is 0 Å². The Kier molecular flexibility index (Phi) is 6.37. The summed E-state index contributed by atoms with van der Waals surface area (Å²) in [6.45, 7) is 0.0788. The van der Waals surface area contributed by atoms with Gasteiger partial charge in [-0.25, -0.2) is 0 Å². The first kappa shape index (κ1) is 16.0. The molecule has 2 rings (SSSR count). The van der Waals surface area contributed by atoms with Crippen molar-refractivity contribution in [2.24, 2.45) is 5.92 Å². The first-order valence-electron chi connectivity index (χ1n) is 7.59. The van der Waals surface area contributed by atoms with Gasteiger partial charge in [-0.05, 0) is 30.4 Å². The van der Waals surface area contributed by atoms with Crippen LogP contribution in [0.1, 0.15) is 17.5 Å². The van der Waals surface area contributed by atoms with Crippen LogP contribution >= 0.6 is 0 Å². The minimum Gasteiger partial charge on any atom is -0.349 e. The molecule has 0 heterocycles. The fourth-order valence-corrected chi connectivity index (χ4v) is 2.50. The molecule has 0 aliphatic heterocycles. The Morgan fingerprint density at radius 3 is 2.14 bits per heavy atom. The van der Waals surface area contributed by atoms with Crippen molar-refractivity contribution >= 4 is 12.2 Å². The van der Waals surface area contributed by atoms with Gasteiger partial charge in [0.2, 0.25) is 5.91 Å². The smallest absolute Gasteiger partial charge is 0.223 e. The summed E-state index contributed by atoms with van der Waals surface area (Å²) in [6.07, 6.45) is 3.03. The number of aryl methyl sites for hydroxylation is 1. The number of aldehydes is 1. The molecule has 0 bridgehead atoms. The lowest BCUT2D eigenvalue weighted by Crippen LogP contribution is -2.33. The van der Waals surface area contributed by atoms with Gasteiger partial charge in [-0.2, -0.15) is 0 Å². The van der Waals surface area contributed by atoms with Crippen LogP contribution in [0, 0.1) is 5.92 Å². The van der Waals surface area contributed by atoms with E-state index >= 15 is 0 Å². The first-order chi connectivity index (χ1) is 10.8. The summed E-state index contributed by atoms with van der Waals surface area (Å²) < 4.78 is 0. The molecule has 1 atom stereocenters. The van der Waals surface area contributed by atoms with Gasteiger partial charge in [0.1, 0.15) is 6.29 Å². The van der Waals surface area contributed by atoms with Crippen molar-refractivity contribution in [2.45, 2.75) is 19.3 Å². The monoisotopic (exact) mass is 295 g/mol. The quantitative estimate of drug-likeness (QED) is 0.761. The summed E-state index contributed by atoms with van der Waals surface area (Å²) in [5, 5.41) is 2.68. The van der Waals surface area contributed by atoms with Crippen LogP contribution in [0.4, 0.5) is 0 Å². The molecule has 1 amide bonds. The lowest BCUT2D eigenvalue weighted by Gasteiger charge is -2.16. The SMILES string of the molecule is O=CCNC(=O)C(CCc1ccccc1)Cc1ccccc1. The Balaban J connectivity index is 2.00. The van der Waals surface area contributed by atoms with Crippen molar-refractivity contribution in [2.75, 3.05) is 6.54 Å². The van der Waals surface area contributed by atoms with E-state index in [1.165, 1.54) is 5.56 Å². The number of hydrogen-bond acceptors (Lipinski definition) is 2. The number of amides is 1. The zero-order valence-electron chi connectivity index (χ0n) is 12.6. The summed E-state index contributed by atoms with van der Waals surface area (Å²) in [5.74, 6) is -0.172. The number of nitrogens with one attached hydrogen (secondary N) is 1. The highest BCUT2D eigenvalue weighted by atomic mass is 16.2. The molecule has 2 aromatic carbocycles. The predicted molar refractivity (Wildman–Crippen MR) is 87.5 cm³/mol. The van der Waals surface area contributed by atoms with Crippen molar-refractivity contribution in [1.82, 2.24) is 5.32 Å². The van der Waals surface area contributed by atoms with E-state index in [0.717, 1.165) is 18.4 Å². The van der Waals surface area contributed by atoms with Crippen LogP contribution in [-0.2, 0) is 22.4 Å². The molecular formula is C19H21NO2. The molecule has 22 heavy (non-hydrogen) atoms. The molecule has 0 radical (unpaired) electrons. The highest BCUT2D eigenvalue weighted by Gasteiger charge is 2.18. The predicted octanol–water partition coefficient (Wildman–Crippen LogP) is 2.79. The molecule has 0 spiro atoms. The molecule has 3 heteroatoms. The molecule has 1 unspecified atom stereocenters. The molecule has 0 saturated heterocycles. The largest absolute Gasteiger partial charge is 0.349 e. The summed E-state index contributed by atoms with van der Waals surface area (Å²) in [4.78, 5) is 22.7. The van der Waals surface area contributed by atoms with E-state index < -0.39 is 0 Å². The second kappa shape index (κ2) is 8.78. The van der Waals surface area contributed by atoms with Crippen LogP contribution < -0.4 is 5.32 Å². The summed E-state index contributed by atoms with van der Waals surface area (Å²) in [6, 6.07) is 20.1. The summed E-state index contributed by atoms with van der Waals surface area (Å²) >= 11 is 0. The van der Waals surface area contributed by atoms with Crippen molar-refractivity contribution in [3.05, 3.63) is 71.8 Å². The second-order valence-electron chi connectivity index (χ2n) is 5.32. The molecule has 1 N–H and O–H groups in total. The molecule has 2 aromatic rings. The topological polar surface area (TPSA) is 46.2 Å². The minimum absolute atomic E-state index is 0.0492. The molecule has 0 aliphatic carbocycles. The summed E-state index contributed by atoms with van der Waals surface area (Å²) in [7, 11) is 0. The Labute approximate surface area is 131 Å². The Bertz CT molecular complexity index is 581. The molecule has 0 aliphatic rings. The molecule has 0 saturated carbocycles. The normalized spacial score (nSPS) is 11.6. The number of benzene rings is 2. The van der Waals surface area contributed by atoms with Crippen LogP contribution in [0.15, 0.2) is 60.7 Å². The van der Waals surface area contributed by atoms with E-state index in [1.807, 2.05) is 48.5 Å². The maximum Gasteiger partial charge on any atom is 0.223 e. The Morgan fingerprint density at radius 1 is 0.955 bits per heavy atom. The van der Waals surface area contributed by atoms with Crippen molar-refractivity contribution in [3.8, 4) is 0 Å². The second-order valence-corrected chi connectivity index (χ2v) is 5.32. The number of carbonyl (C=O) groups is 2. The van der Waals surface area contributed by atoms with Crippen LogP contribution in [0.3, 0.4) is 0 Å². The molecule has 114 valence electrons. The van der Waals surface area contributed by atoms with Crippen molar-refractivity contribution < 1.29 is 9.59 Å². The van der Waals surface area contributed by atoms with E-state index in [-0.39, 0.29) is 18.4 Å². The zero-order chi connectivity index (χ0) is 15.6. The lowest BCUT2D eigenvalue weighted by molar-refractivity contribution is -0.126. The van der Waals surface area contributed by atoms with E-state index in [9.17, 15) is 9.59 Å². The molecule has 0 aromatic heterocycles. The van der Waals surface area contributed by atoms with Crippen molar-refractivity contribution in [3.63, 3.8) is 0 Å². The zero-order valence-corrected chi connectivity index (χ0v) is 12.6. The minimum atomic E-state index is -0.123. The maximum atomic E-state index is 12.3. The highest BCUT2D eigenvalue weighted by molar-refractivity contribution is 5.80. The fraction of sp³-hybridized carbons (Fsp3) is 0.263. The molecule has 3 nitrogen and oxygen atoms in total. The Hall–Kier alpha value is -2.42. The van der Waals surface area contributed by atoms with E-state index in [1.54, 1.807) is 0 Å². The van der Waals surface area contributed by atoms with Crippen molar-refractivity contribution in [1.29, 1.82) is 0 Å². The van der Waals surface area contributed by atoms with Gasteiger partial charge < -0.3 is 10.1 Å². The average molecular weight is 295 g/mol. The van der Waals surface area contributed by atoms with E-state index in [4.69, 9.17) is 0 Å². The van der Waals surface area contributed by atoms with Gasteiger partial charge in [0, 0.05) is 5.92 Å². The van der Waals surface area contributed by atoms with Crippen LogP contribution in [0.2, 0.25) is 0 Å². The van der Waals surface area contributed by atoms with Gasteiger partial charge in [-0.3, -0.25) is 4.79 Å². The highest BCUT2D eigenvalue weighted by Crippen LogP contribution is 2.16. The van der Waals surface area contributed by atoms with Gasteiger partial charge in [-0.15, -0.1) is 0 Å². The van der Waals surface area contributed by atoms with Gasteiger partial charge in [0.25, 0.3) is 0 Å². The lowest BCUT2D eigenvalue weighted by atomic mass is 9.92. The van der Waals surface area contributed by atoms with Crippen LogP contribution in [-0.4, -0.2) is 18.7 Å². The van der Waals surface area contributed by atoms with Gasteiger partial charge in [0.05, 0.1) is 6.54 Å².